The second-order valence-electron chi connectivity index (χ2n) is 5.20. The molecule has 0 fully saturated rings. The summed E-state index contributed by atoms with van der Waals surface area (Å²) < 4.78 is 6.04. The highest BCUT2D eigenvalue weighted by Crippen LogP contribution is 2.33. The second kappa shape index (κ2) is 5.89. The molecule has 0 N–H and O–H groups in total. The number of thiophene rings is 1. The van der Waals surface area contributed by atoms with Crippen molar-refractivity contribution in [2.24, 2.45) is 0 Å². The first-order valence-corrected chi connectivity index (χ1v) is 8.02. The average Bonchev–Trinajstić information content (AvgIpc) is 2.98. The summed E-state index contributed by atoms with van der Waals surface area (Å²) in [6, 6.07) is 10.2. The molecule has 0 amide bonds. The quantitative estimate of drug-likeness (QED) is 0.662. The molecule has 22 heavy (non-hydrogen) atoms. The van der Waals surface area contributed by atoms with E-state index in [1.54, 1.807) is 12.3 Å². The molecule has 0 atom stereocenters. The molecule has 2 aromatic heterocycles. The molecule has 0 radical (unpaired) electrons. The van der Waals surface area contributed by atoms with E-state index in [1.807, 2.05) is 17.4 Å². The molecule has 0 spiro atoms. The van der Waals surface area contributed by atoms with Crippen LogP contribution in [-0.2, 0) is 11.2 Å². The van der Waals surface area contributed by atoms with E-state index in [4.69, 9.17) is 4.74 Å². The minimum Gasteiger partial charge on any atom is -0.465 e. The Morgan fingerprint density at radius 1 is 1.27 bits per heavy atom. The number of hydrogen-bond donors (Lipinski definition) is 0. The molecule has 3 rings (SSSR count). The molecule has 0 bridgehead atoms. The largest absolute Gasteiger partial charge is 0.465 e. The smallest absolute Gasteiger partial charge is 0.339 e. The van der Waals surface area contributed by atoms with E-state index in [9.17, 15) is 4.79 Å². The number of aryl methyl sites for hydroxylation is 2. The number of pyridine rings is 1. The molecule has 0 aliphatic heterocycles. The van der Waals surface area contributed by atoms with E-state index in [1.165, 1.54) is 27.6 Å². The summed E-state index contributed by atoms with van der Waals surface area (Å²) in [4.78, 5) is 17.3. The van der Waals surface area contributed by atoms with Gasteiger partial charge in [-0.3, -0.25) is 4.98 Å². The monoisotopic (exact) mass is 311 g/mol. The number of fused-ring (bicyclic) bond motifs is 1. The Hall–Kier alpha value is -2.20. The molecule has 0 aliphatic carbocycles. The summed E-state index contributed by atoms with van der Waals surface area (Å²) in [7, 11) is 1.37. The molecule has 0 saturated carbocycles. The highest BCUT2D eigenvalue weighted by Gasteiger charge is 2.10. The molecule has 112 valence electrons. The first-order valence-electron chi connectivity index (χ1n) is 7.20. The maximum absolute atomic E-state index is 11.5. The number of carbonyl (C=O) groups excluding carboxylic acids is 1. The van der Waals surface area contributed by atoms with Crippen molar-refractivity contribution in [3.8, 4) is 11.3 Å². The number of nitrogens with zero attached hydrogens (tertiary/aromatic N) is 1. The van der Waals surface area contributed by atoms with E-state index >= 15 is 0 Å². The molecule has 3 nitrogen and oxygen atoms in total. The van der Waals surface area contributed by atoms with Crippen molar-refractivity contribution in [3.63, 3.8) is 0 Å². The van der Waals surface area contributed by atoms with Crippen LogP contribution in [0.25, 0.3) is 21.3 Å². The van der Waals surface area contributed by atoms with Crippen molar-refractivity contribution >= 4 is 27.4 Å². The third-order valence-electron chi connectivity index (χ3n) is 3.68. The fourth-order valence-electron chi connectivity index (χ4n) is 2.51. The van der Waals surface area contributed by atoms with E-state index in [2.05, 4.69) is 37.0 Å². The zero-order chi connectivity index (χ0) is 15.7. The van der Waals surface area contributed by atoms with E-state index in [0.29, 0.717) is 5.56 Å². The molecule has 1 aromatic carbocycles. The Morgan fingerprint density at radius 2 is 2.09 bits per heavy atom. The van der Waals surface area contributed by atoms with Gasteiger partial charge in [0.2, 0.25) is 0 Å². The fraction of sp³-hybridized carbons (Fsp3) is 0.222. The van der Waals surface area contributed by atoms with Crippen LogP contribution in [0.15, 0.2) is 36.5 Å². The molecule has 4 heteroatoms. The lowest BCUT2D eigenvalue weighted by Gasteiger charge is -2.05. The lowest BCUT2D eigenvalue weighted by atomic mass is 10.0. The summed E-state index contributed by atoms with van der Waals surface area (Å²) in [5, 5.41) is 1.26. The molecule has 3 aromatic rings. The van der Waals surface area contributed by atoms with Gasteiger partial charge in [0.05, 0.1) is 18.4 Å². The van der Waals surface area contributed by atoms with Gasteiger partial charge in [-0.25, -0.2) is 4.79 Å². The normalized spacial score (nSPS) is 10.9. The van der Waals surface area contributed by atoms with Crippen molar-refractivity contribution in [2.75, 3.05) is 7.11 Å². The van der Waals surface area contributed by atoms with Gasteiger partial charge in [0.1, 0.15) is 0 Å². The molecule has 0 aliphatic rings. The van der Waals surface area contributed by atoms with E-state index < -0.39 is 0 Å². The standard InChI is InChI=1S/C18H17NO2S/c1-4-15-9-14-8-13(7-11(2)17(14)22-15)16-6-5-12(10-19-16)18(20)21-3/h5-10H,4H2,1-3H3. The summed E-state index contributed by atoms with van der Waals surface area (Å²) >= 11 is 1.86. The van der Waals surface area contributed by atoms with Gasteiger partial charge in [0, 0.05) is 21.3 Å². The first-order chi connectivity index (χ1) is 10.6. The van der Waals surface area contributed by atoms with Gasteiger partial charge in [0.25, 0.3) is 0 Å². The SMILES string of the molecule is CCc1cc2cc(-c3ccc(C(=O)OC)cn3)cc(C)c2s1. The second-order valence-corrected chi connectivity index (χ2v) is 6.34. The number of methoxy groups -OCH3 is 1. The average molecular weight is 311 g/mol. The van der Waals surface area contributed by atoms with Crippen LogP contribution in [0.2, 0.25) is 0 Å². The van der Waals surface area contributed by atoms with Crippen LogP contribution >= 0.6 is 11.3 Å². The minimum absolute atomic E-state index is 0.365. The van der Waals surface area contributed by atoms with Crippen LogP contribution in [0, 0.1) is 6.92 Å². The third kappa shape index (κ3) is 2.62. The number of benzene rings is 1. The zero-order valence-corrected chi connectivity index (χ0v) is 13.7. The Kier molecular flexibility index (Phi) is 3.94. The van der Waals surface area contributed by atoms with Crippen LogP contribution in [0.3, 0.4) is 0 Å². The van der Waals surface area contributed by atoms with Crippen molar-refractivity contribution in [3.05, 3.63) is 52.5 Å². The molecule has 0 unspecified atom stereocenters. The Labute approximate surface area is 133 Å². The van der Waals surface area contributed by atoms with Crippen LogP contribution in [0.1, 0.15) is 27.7 Å². The molecule has 0 saturated heterocycles. The van der Waals surface area contributed by atoms with Gasteiger partial charge in [-0.2, -0.15) is 0 Å². The maximum Gasteiger partial charge on any atom is 0.339 e. The van der Waals surface area contributed by atoms with Gasteiger partial charge in [0.15, 0.2) is 0 Å². The van der Waals surface area contributed by atoms with Gasteiger partial charge in [-0.05, 0) is 54.6 Å². The predicted molar refractivity (Wildman–Crippen MR) is 90.5 cm³/mol. The van der Waals surface area contributed by atoms with Crippen molar-refractivity contribution in [1.82, 2.24) is 4.98 Å². The summed E-state index contributed by atoms with van der Waals surface area (Å²) in [5.41, 5.74) is 3.66. The van der Waals surface area contributed by atoms with Crippen LogP contribution in [0.5, 0.6) is 0 Å². The van der Waals surface area contributed by atoms with Crippen LogP contribution in [-0.4, -0.2) is 18.1 Å². The maximum atomic E-state index is 11.5. The molecular weight excluding hydrogens is 294 g/mol. The van der Waals surface area contributed by atoms with Crippen molar-refractivity contribution in [1.29, 1.82) is 0 Å². The number of esters is 1. The molecule has 2 heterocycles. The summed E-state index contributed by atoms with van der Waals surface area (Å²) in [6.45, 7) is 4.30. The first kappa shape index (κ1) is 14.7. The predicted octanol–water partition coefficient (Wildman–Crippen LogP) is 4.62. The van der Waals surface area contributed by atoms with E-state index in [0.717, 1.165) is 17.7 Å². The Balaban J connectivity index is 2.04. The lowest BCUT2D eigenvalue weighted by Crippen LogP contribution is -2.01. The number of aromatic nitrogens is 1. The fourth-order valence-corrected chi connectivity index (χ4v) is 3.56. The number of hydrogen-bond acceptors (Lipinski definition) is 4. The van der Waals surface area contributed by atoms with Crippen LogP contribution < -0.4 is 0 Å². The number of ether oxygens (including phenoxy) is 1. The Morgan fingerprint density at radius 3 is 2.73 bits per heavy atom. The third-order valence-corrected chi connectivity index (χ3v) is 5.11. The van der Waals surface area contributed by atoms with Crippen molar-refractivity contribution < 1.29 is 9.53 Å². The topological polar surface area (TPSA) is 39.2 Å². The van der Waals surface area contributed by atoms with E-state index in [-0.39, 0.29) is 5.97 Å². The zero-order valence-electron chi connectivity index (χ0n) is 12.8. The van der Waals surface area contributed by atoms with Gasteiger partial charge < -0.3 is 4.74 Å². The Bertz CT molecular complexity index is 834. The van der Waals surface area contributed by atoms with Gasteiger partial charge in [-0.15, -0.1) is 11.3 Å². The van der Waals surface area contributed by atoms with Crippen molar-refractivity contribution in [2.45, 2.75) is 20.3 Å². The highest BCUT2D eigenvalue weighted by atomic mass is 32.1. The summed E-state index contributed by atoms with van der Waals surface area (Å²) in [5.74, 6) is -0.365. The lowest BCUT2D eigenvalue weighted by molar-refractivity contribution is 0.0600. The van der Waals surface area contributed by atoms with Crippen LogP contribution in [0.4, 0.5) is 0 Å². The number of carbonyl (C=O) groups is 1. The van der Waals surface area contributed by atoms with Gasteiger partial charge in [-0.1, -0.05) is 6.92 Å². The minimum atomic E-state index is -0.365. The summed E-state index contributed by atoms with van der Waals surface area (Å²) in [6.07, 6.45) is 2.62. The highest BCUT2D eigenvalue weighted by molar-refractivity contribution is 7.19. The molecular formula is C18H17NO2S. The van der Waals surface area contributed by atoms with Gasteiger partial charge >= 0.3 is 5.97 Å². The number of rotatable bonds is 3.